The van der Waals surface area contributed by atoms with Crippen LogP contribution in [0.5, 0.6) is 0 Å². The quantitative estimate of drug-likeness (QED) is 0.142. The molecule has 17 atom stereocenters. The van der Waals surface area contributed by atoms with E-state index in [0.717, 1.165) is 0 Å². The molecule has 0 radical (unpaired) electrons. The topological polar surface area (TPSA) is 149 Å². The second-order valence-electron chi connectivity index (χ2n) is 25.3. The number of cyclic esters (lactones) is 1. The van der Waals surface area contributed by atoms with Crippen LogP contribution in [0, 0.1) is 23.2 Å². The van der Waals surface area contributed by atoms with Crippen LogP contribution in [0.25, 0.3) is 0 Å². The summed E-state index contributed by atoms with van der Waals surface area (Å²) in [5, 5.41) is 37.4. The first-order valence-electron chi connectivity index (χ1n) is 24.9. The van der Waals surface area contributed by atoms with Crippen LogP contribution in [0.4, 0.5) is 0 Å². The van der Waals surface area contributed by atoms with Gasteiger partial charge in [0, 0.05) is 31.0 Å². The molecule has 0 aromatic rings. The third-order valence-corrected chi connectivity index (χ3v) is 25.3. The summed E-state index contributed by atoms with van der Waals surface area (Å²) in [7, 11) is 1.21. The van der Waals surface area contributed by atoms with Crippen LogP contribution in [0.15, 0.2) is 0 Å². The minimum Gasteiger partial charge on any atom is -0.459 e. The van der Waals surface area contributed by atoms with Crippen LogP contribution in [0.1, 0.15) is 143 Å². The third kappa shape index (κ3) is 13.9. The summed E-state index contributed by atoms with van der Waals surface area (Å²) in [5.41, 5.74) is -3.47. The van der Waals surface area contributed by atoms with Gasteiger partial charge in [-0.2, -0.15) is 0 Å². The Balaban J connectivity index is 2.24. The summed E-state index contributed by atoms with van der Waals surface area (Å²) in [5.74, 6) is -2.23. The maximum absolute atomic E-state index is 14.9. The van der Waals surface area contributed by atoms with Crippen LogP contribution >= 0.6 is 0 Å². The van der Waals surface area contributed by atoms with Crippen molar-refractivity contribution in [2.45, 2.75) is 264 Å². The number of aliphatic hydroxyl groups is 3. The third-order valence-electron chi connectivity index (χ3n) is 16.4. The second-order valence-corrected chi connectivity index (χ2v) is 34.9. The monoisotopic (exact) mass is 961 g/mol. The fourth-order valence-electron chi connectivity index (χ4n) is 10.2. The van der Waals surface area contributed by atoms with Gasteiger partial charge in [-0.1, -0.05) is 76.2 Å². The van der Waals surface area contributed by atoms with Crippen LogP contribution < -0.4 is 0 Å². The first kappa shape index (κ1) is 58.8. The van der Waals surface area contributed by atoms with E-state index in [0.29, 0.717) is 32.2 Å². The van der Waals surface area contributed by atoms with E-state index in [1.807, 2.05) is 53.7 Å². The van der Waals surface area contributed by atoms with Gasteiger partial charge in [0.15, 0.2) is 29.2 Å². The summed E-state index contributed by atoms with van der Waals surface area (Å²) in [6.45, 7) is 44.4. The number of carbonyl (C=O) groups excluding carboxylic acids is 1. The number of aliphatic hydroxyl groups excluding tert-OH is 1. The summed E-state index contributed by atoms with van der Waals surface area (Å²) in [6.07, 6.45) is -5.41. The maximum atomic E-state index is 14.9. The van der Waals surface area contributed by atoms with E-state index in [1.54, 1.807) is 20.8 Å². The van der Waals surface area contributed by atoms with Gasteiger partial charge in [0.1, 0.15) is 17.8 Å². The molecule has 0 bridgehead atoms. The molecule has 0 aliphatic carbocycles. The lowest BCUT2D eigenvalue weighted by atomic mass is 9.77. The smallest absolute Gasteiger partial charge is 0.311 e. The van der Waals surface area contributed by atoms with Crippen molar-refractivity contribution in [3.63, 3.8) is 0 Å². The number of nitrogens with zero attached hydrogens (tertiary/aromatic N) is 2. The average Bonchev–Trinajstić information content (AvgIpc) is 3.13. The number of ether oxygens (including phenoxy) is 5. The Bertz CT molecular complexity index is 1530. The molecule has 3 heterocycles. The Morgan fingerprint density at radius 3 is 1.82 bits per heavy atom. The molecule has 13 nitrogen and oxygen atoms in total. The number of rotatable bonds is 10. The van der Waals surface area contributed by atoms with Gasteiger partial charge in [-0.3, -0.25) is 4.79 Å². The highest BCUT2D eigenvalue weighted by molar-refractivity contribution is 6.74. The highest BCUT2D eigenvalue weighted by atomic mass is 28.4. The van der Waals surface area contributed by atoms with Crippen molar-refractivity contribution in [1.82, 2.24) is 9.80 Å². The minimum atomic E-state index is -2.49. The van der Waals surface area contributed by atoms with Crippen molar-refractivity contribution in [2.75, 3.05) is 27.7 Å². The van der Waals surface area contributed by atoms with E-state index >= 15 is 0 Å². The lowest BCUT2D eigenvalue weighted by Crippen LogP contribution is -2.63. The summed E-state index contributed by atoms with van der Waals surface area (Å²) >= 11 is 0. The molecule has 0 spiro atoms. The zero-order chi connectivity index (χ0) is 50.4. The second kappa shape index (κ2) is 21.4. The molecular formula is C50H100N2O11Si2. The molecule has 384 valence electrons. The van der Waals surface area contributed by atoms with Crippen LogP contribution in [-0.4, -0.2) is 160 Å². The van der Waals surface area contributed by atoms with Crippen molar-refractivity contribution in [2.24, 2.45) is 23.2 Å². The molecule has 65 heavy (non-hydrogen) atoms. The fraction of sp³-hybridized carbons (Fsp3) is 0.980. The van der Waals surface area contributed by atoms with Gasteiger partial charge in [0.05, 0.1) is 48.1 Å². The van der Waals surface area contributed by atoms with Crippen molar-refractivity contribution in [3.05, 3.63) is 0 Å². The zero-order valence-corrected chi connectivity index (χ0v) is 47.7. The van der Waals surface area contributed by atoms with Gasteiger partial charge >= 0.3 is 5.97 Å². The largest absolute Gasteiger partial charge is 0.459 e. The van der Waals surface area contributed by atoms with E-state index in [4.69, 9.17) is 32.5 Å². The summed E-state index contributed by atoms with van der Waals surface area (Å²) < 4.78 is 47.9. The van der Waals surface area contributed by atoms with E-state index in [-0.39, 0.29) is 51.8 Å². The number of hydrogen-bond donors (Lipinski definition) is 3. The number of esters is 1. The van der Waals surface area contributed by atoms with Crippen molar-refractivity contribution < 1.29 is 52.7 Å². The standard InChI is InChI=1S/C50H100N2O11Si2/c1-25-37-50(17,56)42(62-64(21,22)46(8,9)10)34(6)52(20)29-30(2)27-49(16,55)41(61-45-39(53)36(51(18)19)26-31(3)57-45)32(4)40(33(5)44(54)59-37)60-38-28-48(14,15)43(35(7)58-38)63-65(23,24)47(11,12)13/h30-43,45,53,55-56H,25-29H2,1-24H3/t30-,31-,32?,33-,34-,35+,36+,37-,38?,39-,40+,41-,42-,43+,45?,49-,50-/m1/s1. The number of likely N-dealkylation sites (N-methyl/N-ethyl adjacent to an activating group) is 2. The molecule has 3 aliphatic heterocycles. The Kier molecular flexibility index (Phi) is 19.4. The number of hydrogen-bond acceptors (Lipinski definition) is 13. The minimum absolute atomic E-state index is 0.000714. The first-order chi connectivity index (χ1) is 29.2. The van der Waals surface area contributed by atoms with Gasteiger partial charge in [0.25, 0.3) is 0 Å². The molecule has 3 fully saturated rings. The Morgan fingerprint density at radius 1 is 0.815 bits per heavy atom. The number of carbonyl (C=O) groups is 1. The average molecular weight is 962 g/mol. The molecule has 3 rings (SSSR count). The Morgan fingerprint density at radius 2 is 1.34 bits per heavy atom. The zero-order valence-electron chi connectivity index (χ0n) is 45.7. The van der Waals surface area contributed by atoms with Gasteiger partial charge in [0.2, 0.25) is 0 Å². The lowest BCUT2D eigenvalue weighted by molar-refractivity contribution is -0.312. The lowest BCUT2D eigenvalue weighted by Gasteiger charge is -2.51. The predicted molar refractivity (Wildman–Crippen MR) is 265 cm³/mol. The van der Waals surface area contributed by atoms with Gasteiger partial charge in [-0.15, -0.1) is 0 Å². The van der Waals surface area contributed by atoms with E-state index < -0.39 is 88.7 Å². The molecule has 0 amide bonds. The van der Waals surface area contributed by atoms with Gasteiger partial charge < -0.3 is 57.7 Å². The van der Waals surface area contributed by atoms with Crippen molar-refractivity contribution >= 4 is 22.6 Å². The van der Waals surface area contributed by atoms with Crippen LogP contribution in [0.3, 0.4) is 0 Å². The SMILES string of the molecule is CC[C@H]1OC(=O)[C@H](C)[C@@H](OC2CC(C)(C)[C@@H](O[Si](C)(C)C(C)(C)C)[C@H](C)O2)C(C)[C@@H](OC2O[C@H](C)C[C@H](N(C)C)[C@H]2O)[C@](C)(O)C[C@@H](C)CN(C)[C@H](C)[C@@H](O[Si](C)(C)C(C)(C)C)[C@]1(C)O. The van der Waals surface area contributed by atoms with E-state index in [1.165, 1.54) is 0 Å². The predicted octanol–water partition coefficient (Wildman–Crippen LogP) is 8.58. The van der Waals surface area contributed by atoms with Gasteiger partial charge in [-0.05, 0) is 130 Å². The molecule has 15 heteroatoms. The van der Waals surface area contributed by atoms with Crippen molar-refractivity contribution in [1.29, 1.82) is 0 Å². The molecule has 0 aromatic heterocycles. The molecule has 0 saturated carbocycles. The molecule has 3 N–H and O–H groups in total. The summed E-state index contributed by atoms with van der Waals surface area (Å²) in [4.78, 5) is 19.1. The van der Waals surface area contributed by atoms with E-state index in [2.05, 4.69) is 100 Å². The van der Waals surface area contributed by atoms with Gasteiger partial charge in [-0.25, -0.2) is 0 Å². The molecular weight excluding hydrogens is 861 g/mol. The van der Waals surface area contributed by atoms with E-state index in [9.17, 15) is 20.1 Å². The van der Waals surface area contributed by atoms with Crippen molar-refractivity contribution in [3.8, 4) is 0 Å². The molecule has 3 saturated heterocycles. The highest BCUT2D eigenvalue weighted by Gasteiger charge is 2.55. The highest BCUT2D eigenvalue weighted by Crippen LogP contribution is 2.47. The fourth-order valence-corrected chi connectivity index (χ4v) is 13.1. The Labute approximate surface area is 398 Å². The Hall–Kier alpha value is -0.536. The summed E-state index contributed by atoms with van der Waals surface area (Å²) in [6, 6.07) is -0.556. The maximum Gasteiger partial charge on any atom is 0.311 e. The van der Waals surface area contributed by atoms with Crippen LogP contribution in [-0.2, 0) is 37.3 Å². The first-order valence-corrected chi connectivity index (χ1v) is 30.7. The molecule has 3 unspecified atom stereocenters. The molecule has 3 aliphatic rings. The normalized spacial score (nSPS) is 41.7. The van der Waals surface area contributed by atoms with Crippen LogP contribution in [0.2, 0.25) is 36.3 Å². The molecule has 0 aromatic carbocycles.